The van der Waals surface area contributed by atoms with Gasteiger partial charge in [-0.2, -0.15) is 0 Å². The van der Waals surface area contributed by atoms with Crippen molar-refractivity contribution < 1.29 is 9.59 Å². The molecule has 1 aliphatic carbocycles. The van der Waals surface area contributed by atoms with E-state index in [2.05, 4.69) is 5.32 Å². The van der Waals surface area contributed by atoms with Crippen LogP contribution in [-0.4, -0.2) is 17.9 Å². The van der Waals surface area contributed by atoms with Crippen LogP contribution in [-0.2, 0) is 9.59 Å². The highest BCUT2D eigenvalue weighted by Crippen LogP contribution is 2.47. The molecule has 0 spiro atoms. The van der Waals surface area contributed by atoms with Gasteiger partial charge < -0.3 is 11.1 Å². The quantitative estimate of drug-likeness (QED) is 0.818. The maximum absolute atomic E-state index is 11.9. The van der Waals surface area contributed by atoms with Gasteiger partial charge in [-0.15, -0.1) is 0 Å². The first-order valence-electron chi connectivity index (χ1n) is 6.28. The minimum Gasteiger partial charge on any atom is -0.368 e. The zero-order valence-corrected chi connectivity index (χ0v) is 10.4. The lowest BCUT2D eigenvalue weighted by atomic mass is 10.1. The highest BCUT2D eigenvalue weighted by atomic mass is 16.2. The maximum atomic E-state index is 11.9. The fourth-order valence-electron chi connectivity index (χ4n) is 2.21. The fourth-order valence-corrected chi connectivity index (χ4v) is 2.21. The Morgan fingerprint density at radius 3 is 2.61 bits per heavy atom. The van der Waals surface area contributed by atoms with Gasteiger partial charge in [-0.1, -0.05) is 37.3 Å². The summed E-state index contributed by atoms with van der Waals surface area (Å²) in [7, 11) is 0. The standard InChI is InChI=1S/C14H18N2O2/c1-2-12(13(15)17)16-14(18)11-8-10(11)9-6-4-3-5-7-9/h3-7,10-12H,2,8H2,1H3,(H2,15,17)(H,16,18)/t10?,11-,12?/m1/s1. The summed E-state index contributed by atoms with van der Waals surface area (Å²) in [6, 6.07) is 9.42. The molecule has 1 aromatic carbocycles. The number of benzene rings is 1. The van der Waals surface area contributed by atoms with Crippen LogP contribution in [0.25, 0.3) is 0 Å². The van der Waals surface area contributed by atoms with E-state index in [1.165, 1.54) is 5.56 Å². The van der Waals surface area contributed by atoms with Crippen LogP contribution in [0.3, 0.4) is 0 Å². The molecule has 0 radical (unpaired) electrons. The van der Waals surface area contributed by atoms with Crippen LogP contribution in [0.15, 0.2) is 30.3 Å². The second-order valence-corrected chi connectivity index (χ2v) is 4.73. The number of nitrogens with two attached hydrogens (primary N) is 1. The number of amides is 2. The molecule has 0 aliphatic heterocycles. The van der Waals surface area contributed by atoms with Crippen molar-refractivity contribution in [1.29, 1.82) is 0 Å². The zero-order chi connectivity index (χ0) is 13.1. The fraction of sp³-hybridized carbons (Fsp3) is 0.429. The number of hydrogen-bond acceptors (Lipinski definition) is 2. The Morgan fingerprint density at radius 1 is 1.39 bits per heavy atom. The molecular formula is C14H18N2O2. The Balaban J connectivity index is 1.92. The molecule has 0 aromatic heterocycles. The summed E-state index contributed by atoms with van der Waals surface area (Å²) in [5.74, 6) is -0.255. The molecule has 1 fully saturated rings. The van der Waals surface area contributed by atoms with Crippen LogP contribution < -0.4 is 11.1 Å². The minimum absolute atomic E-state index is 0.0131. The average molecular weight is 246 g/mol. The van der Waals surface area contributed by atoms with E-state index < -0.39 is 11.9 Å². The van der Waals surface area contributed by atoms with Crippen LogP contribution in [0.1, 0.15) is 31.2 Å². The molecule has 3 atom stereocenters. The molecule has 4 heteroatoms. The van der Waals surface area contributed by atoms with Crippen LogP contribution >= 0.6 is 0 Å². The van der Waals surface area contributed by atoms with Gasteiger partial charge in [0.05, 0.1) is 0 Å². The highest BCUT2D eigenvalue weighted by Gasteiger charge is 2.44. The summed E-state index contributed by atoms with van der Waals surface area (Å²) in [4.78, 5) is 23.0. The Hall–Kier alpha value is -1.84. The summed E-state index contributed by atoms with van der Waals surface area (Å²) in [5.41, 5.74) is 6.39. The van der Waals surface area contributed by atoms with E-state index in [9.17, 15) is 9.59 Å². The number of rotatable bonds is 5. The Labute approximate surface area is 107 Å². The largest absolute Gasteiger partial charge is 0.368 e. The van der Waals surface area contributed by atoms with Gasteiger partial charge in [0.2, 0.25) is 11.8 Å². The molecule has 1 saturated carbocycles. The maximum Gasteiger partial charge on any atom is 0.239 e. The lowest BCUT2D eigenvalue weighted by molar-refractivity contribution is -0.128. The van der Waals surface area contributed by atoms with Crippen molar-refractivity contribution in [1.82, 2.24) is 5.32 Å². The van der Waals surface area contributed by atoms with Gasteiger partial charge in [-0.3, -0.25) is 9.59 Å². The normalized spacial score (nSPS) is 23.2. The minimum atomic E-state index is -0.547. The van der Waals surface area contributed by atoms with Gasteiger partial charge >= 0.3 is 0 Å². The van der Waals surface area contributed by atoms with E-state index in [1.807, 2.05) is 37.3 Å². The summed E-state index contributed by atoms with van der Waals surface area (Å²) in [5, 5.41) is 2.71. The van der Waals surface area contributed by atoms with Gasteiger partial charge in [-0.05, 0) is 24.3 Å². The van der Waals surface area contributed by atoms with Crippen molar-refractivity contribution in [2.24, 2.45) is 11.7 Å². The monoisotopic (exact) mass is 246 g/mol. The molecule has 0 bridgehead atoms. The lowest BCUT2D eigenvalue weighted by Gasteiger charge is -2.13. The summed E-state index contributed by atoms with van der Waals surface area (Å²) in [6.45, 7) is 1.83. The third-order valence-corrected chi connectivity index (χ3v) is 3.42. The van der Waals surface area contributed by atoms with Crippen LogP contribution in [0, 0.1) is 5.92 Å². The summed E-state index contributed by atoms with van der Waals surface area (Å²) < 4.78 is 0. The number of carbonyl (C=O) groups excluding carboxylic acids is 2. The van der Waals surface area contributed by atoms with Gasteiger partial charge in [-0.25, -0.2) is 0 Å². The van der Waals surface area contributed by atoms with Crippen LogP contribution in [0.4, 0.5) is 0 Å². The van der Waals surface area contributed by atoms with Crippen molar-refractivity contribution in [3.8, 4) is 0 Å². The first-order chi connectivity index (χ1) is 8.63. The van der Waals surface area contributed by atoms with E-state index in [1.54, 1.807) is 0 Å². The van der Waals surface area contributed by atoms with E-state index in [0.717, 1.165) is 6.42 Å². The number of primary amides is 1. The number of nitrogens with one attached hydrogen (secondary N) is 1. The Kier molecular flexibility index (Phi) is 3.65. The SMILES string of the molecule is CCC(NC(=O)[C@@H]1CC1c1ccccc1)C(N)=O. The molecule has 0 saturated heterocycles. The molecule has 3 N–H and O–H groups in total. The predicted octanol–water partition coefficient (Wildman–Crippen LogP) is 1.17. The third kappa shape index (κ3) is 2.70. The molecule has 1 aliphatic rings. The molecule has 96 valence electrons. The lowest BCUT2D eigenvalue weighted by Crippen LogP contribution is -2.44. The van der Waals surface area contributed by atoms with Crippen molar-refractivity contribution in [2.45, 2.75) is 31.7 Å². The van der Waals surface area contributed by atoms with Crippen molar-refractivity contribution in [2.75, 3.05) is 0 Å². The third-order valence-electron chi connectivity index (χ3n) is 3.42. The predicted molar refractivity (Wildman–Crippen MR) is 68.7 cm³/mol. The molecule has 0 heterocycles. The Bertz CT molecular complexity index is 444. The topological polar surface area (TPSA) is 72.2 Å². The zero-order valence-electron chi connectivity index (χ0n) is 10.4. The molecular weight excluding hydrogens is 228 g/mol. The van der Waals surface area contributed by atoms with E-state index in [4.69, 9.17) is 5.73 Å². The van der Waals surface area contributed by atoms with Gasteiger partial charge in [0.25, 0.3) is 0 Å². The first kappa shape index (κ1) is 12.6. The van der Waals surface area contributed by atoms with E-state index >= 15 is 0 Å². The van der Waals surface area contributed by atoms with Gasteiger partial charge in [0.1, 0.15) is 6.04 Å². The summed E-state index contributed by atoms with van der Waals surface area (Å²) in [6.07, 6.45) is 1.38. The average Bonchev–Trinajstić information content (AvgIpc) is 3.16. The molecule has 2 amide bonds. The summed E-state index contributed by atoms with van der Waals surface area (Å²) >= 11 is 0. The number of hydrogen-bond donors (Lipinski definition) is 2. The Morgan fingerprint density at radius 2 is 2.06 bits per heavy atom. The molecule has 18 heavy (non-hydrogen) atoms. The van der Waals surface area contributed by atoms with Gasteiger partial charge in [0.15, 0.2) is 0 Å². The molecule has 1 aromatic rings. The van der Waals surface area contributed by atoms with Crippen molar-refractivity contribution >= 4 is 11.8 Å². The molecule has 2 unspecified atom stereocenters. The van der Waals surface area contributed by atoms with Crippen molar-refractivity contribution in [3.63, 3.8) is 0 Å². The molecule has 2 rings (SSSR count). The van der Waals surface area contributed by atoms with E-state index in [-0.39, 0.29) is 17.7 Å². The second kappa shape index (κ2) is 5.21. The van der Waals surface area contributed by atoms with Gasteiger partial charge in [0, 0.05) is 5.92 Å². The first-order valence-corrected chi connectivity index (χ1v) is 6.28. The van der Waals surface area contributed by atoms with Crippen LogP contribution in [0.2, 0.25) is 0 Å². The smallest absolute Gasteiger partial charge is 0.239 e. The number of carbonyl (C=O) groups is 2. The van der Waals surface area contributed by atoms with Crippen molar-refractivity contribution in [3.05, 3.63) is 35.9 Å². The van der Waals surface area contributed by atoms with Crippen LogP contribution in [0.5, 0.6) is 0 Å². The molecule has 4 nitrogen and oxygen atoms in total. The van der Waals surface area contributed by atoms with E-state index in [0.29, 0.717) is 6.42 Å². The highest BCUT2D eigenvalue weighted by molar-refractivity contribution is 5.89. The second-order valence-electron chi connectivity index (χ2n) is 4.73.